The van der Waals surface area contributed by atoms with Crippen molar-refractivity contribution < 1.29 is 14.3 Å². The highest BCUT2D eigenvalue weighted by Gasteiger charge is 2.28. The van der Waals surface area contributed by atoms with Crippen LogP contribution < -0.4 is 0 Å². The van der Waals surface area contributed by atoms with Gasteiger partial charge < -0.3 is 4.74 Å². The molecular weight excluding hydrogens is 292 g/mol. The number of ketones is 1. The third kappa shape index (κ3) is 3.21. The second-order valence-corrected chi connectivity index (χ2v) is 5.59. The second kappa shape index (κ2) is 6.21. The zero-order valence-electron chi connectivity index (χ0n) is 12.3. The molecule has 0 aliphatic heterocycles. The summed E-state index contributed by atoms with van der Waals surface area (Å²) >= 11 is 1.03. The molecule has 8 heteroatoms. The van der Waals surface area contributed by atoms with Crippen molar-refractivity contribution in [3.63, 3.8) is 0 Å². The Morgan fingerprint density at radius 2 is 2.10 bits per heavy atom. The molecule has 0 aliphatic rings. The van der Waals surface area contributed by atoms with Gasteiger partial charge in [-0.1, -0.05) is 11.8 Å². The van der Waals surface area contributed by atoms with Gasteiger partial charge >= 0.3 is 5.97 Å². The van der Waals surface area contributed by atoms with Gasteiger partial charge in [-0.25, -0.2) is 4.98 Å². The molecule has 1 atom stereocenters. The molecule has 0 N–H and O–H groups in total. The van der Waals surface area contributed by atoms with E-state index in [4.69, 9.17) is 4.74 Å². The van der Waals surface area contributed by atoms with Crippen LogP contribution in [0.25, 0.3) is 5.78 Å². The molecule has 0 amide bonds. The summed E-state index contributed by atoms with van der Waals surface area (Å²) in [6.07, 6.45) is 0. The predicted molar refractivity (Wildman–Crippen MR) is 77.2 cm³/mol. The Hall–Kier alpha value is -1.96. The lowest BCUT2D eigenvalue weighted by molar-refractivity contribution is -0.144. The fourth-order valence-electron chi connectivity index (χ4n) is 1.90. The van der Waals surface area contributed by atoms with Crippen molar-refractivity contribution in [2.24, 2.45) is 0 Å². The number of nitrogens with zero attached hydrogens (tertiary/aromatic N) is 4. The number of carbonyl (C=O) groups excluding carboxylic acids is 2. The monoisotopic (exact) mass is 308 g/mol. The smallest absolute Gasteiger partial charge is 0.327 e. The number of aryl methyl sites for hydroxylation is 2. The molecule has 0 fully saturated rings. The number of Topliss-reactive ketones (excluding diaryl/α,β-unsaturated/α-hetero) is 1. The van der Waals surface area contributed by atoms with Crippen molar-refractivity contribution in [1.29, 1.82) is 0 Å². The maximum absolute atomic E-state index is 11.8. The van der Waals surface area contributed by atoms with E-state index in [9.17, 15) is 9.59 Å². The first-order valence-corrected chi connectivity index (χ1v) is 7.35. The number of aromatic nitrogens is 4. The Bertz CT molecular complexity index is 698. The highest BCUT2D eigenvalue weighted by Crippen LogP contribution is 2.24. The number of hydrogen-bond donors (Lipinski definition) is 0. The quantitative estimate of drug-likeness (QED) is 0.468. The lowest BCUT2D eigenvalue weighted by Crippen LogP contribution is -2.27. The first-order valence-electron chi connectivity index (χ1n) is 6.47. The molecule has 0 saturated carbocycles. The highest BCUT2D eigenvalue weighted by molar-refractivity contribution is 8.01. The standard InChI is InChI=1S/C13H16N4O3S/c1-5-20-11(19)10(9(4)18)21-13-16-15-12-14-7(2)6-8(3)17(12)13/h6,10H,5H2,1-4H3/t10-/m1/s1. The summed E-state index contributed by atoms with van der Waals surface area (Å²) in [5, 5.41) is 7.49. The van der Waals surface area contributed by atoms with Crippen LogP contribution in [-0.4, -0.2) is 43.2 Å². The van der Waals surface area contributed by atoms with Gasteiger partial charge in [-0.2, -0.15) is 0 Å². The van der Waals surface area contributed by atoms with Crippen molar-refractivity contribution in [2.45, 2.75) is 38.1 Å². The van der Waals surface area contributed by atoms with E-state index in [1.54, 1.807) is 11.3 Å². The predicted octanol–water partition coefficient (Wildman–Crippen LogP) is 1.35. The van der Waals surface area contributed by atoms with E-state index in [1.165, 1.54) is 6.92 Å². The molecule has 0 radical (unpaired) electrons. The number of rotatable bonds is 5. The summed E-state index contributed by atoms with van der Waals surface area (Å²) in [7, 11) is 0. The summed E-state index contributed by atoms with van der Waals surface area (Å²) < 4.78 is 6.64. The normalized spacial score (nSPS) is 12.4. The van der Waals surface area contributed by atoms with E-state index in [0.717, 1.165) is 23.1 Å². The topological polar surface area (TPSA) is 86.4 Å². The van der Waals surface area contributed by atoms with Crippen LogP contribution in [-0.2, 0) is 14.3 Å². The molecule has 0 unspecified atom stereocenters. The van der Waals surface area contributed by atoms with Gasteiger partial charge in [0.15, 0.2) is 16.2 Å². The summed E-state index contributed by atoms with van der Waals surface area (Å²) in [6.45, 7) is 7.04. The van der Waals surface area contributed by atoms with E-state index in [-0.39, 0.29) is 12.4 Å². The molecular formula is C13H16N4O3S. The molecule has 2 heterocycles. The largest absolute Gasteiger partial charge is 0.465 e. The highest BCUT2D eigenvalue weighted by atomic mass is 32.2. The minimum Gasteiger partial charge on any atom is -0.465 e. The number of hydrogen-bond acceptors (Lipinski definition) is 7. The third-order valence-electron chi connectivity index (χ3n) is 2.76. The molecule has 2 rings (SSSR count). The maximum atomic E-state index is 11.8. The Morgan fingerprint density at radius 3 is 2.71 bits per heavy atom. The summed E-state index contributed by atoms with van der Waals surface area (Å²) in [5.74, 6) is -0.404. The van der Waals surface area contributed by atoms with Gasteiger partial charge in [0.25, 0.3) is 5.78 Å². The number of esters is 1. The third-order valence-corrected chi connectivity index (χ3v) is 3.99. The van der Waals surface area contributed by atoms with Gasteiger partial charge in [-0.05, 0) is 33.8 Å². The number of ether oxygens (including phenoxy) is 1. The van der Waals surface area contributed by atoms with E-state index in [0.29, 0.717) is 10.9 Å². The fraction of sp³-hybridized carbons (Fsp3) is 0.462. The average Bonchev–Trinajstić information content (AvgIpc) is 2.78. The zero-order valence-corrected chi connectivity index (χ0v) is 13.1. The van der Waals surface area contributed by atoms with Crippen molar-refractivity contribution in [1.82, 2.24) is 19.6 Å². The van der Waals surface area contributed by atoms with E-state index < -0.39 is 11.2 Å². The number of fused-ring (bicyclic) bond motifs is 1. The minimum atomic E-state index is -0.946. The fourth-order valence-corrected chi connectivity index (χ4v) is 2.86. The van der Waals surface area contributed by atoms with Crippen LogP contribution in [0.4, 0.5) is 0 Å². The molecule has 0 bridgehead atoms. The molecule has 7 nitrogen and oxygen atoms in total. The van der Waals surface area contributed by atoms with E-state index in [1.807, 2.05) is 19.9 Å². The summed E-state index contributed by atoms with van der Waals surface area (Å²) in [4.78, 5) is 27.8. The van der Waals surface area contributed by atoms with Gasteiger partial charge in [-0.3, -0.25) is 14.0 Å². The molecule has 0 spiro atoms. The Balaban J connectivity index is 2.38. The van der Waals surface area contributed by atoms with Crippen LogP contribution in [0.1, 0.15) is 25.2 Å². The van der Waals surface area contributed by atoms with Crippen molar-refractivity contribution >= 4 is 29.3 Å². The lowest BCUT2D eigenvalue weighted by atomic mass is 10.3. The van der Waals surface area contributed by atoms with Crippen LogP contribution in [0.15, 0.2) is 11.2 Å². The maximum Gasteiger partial charge on any atom is 0.327 e. The SMILES string of the molecule is CCOC(=O)[C@H](Sc1nnc2nc(C)cc(C)n12)C(C)=O. The molecule has 2 aromatic rings. The van der Waals surface area contributed by atoms with Gasteiger partial charge in [0.1, 0.15) is 0 Å². The van der Waals surface area contributed by atoms with Crippen LogP contribution >= 0.6 is 11.8 Å². The van der Waals surface area contributed by atoms with Crippen LogP contribution in [0, 0.1) is 13.8 Å². The zero-order chi connectivity index (χ0) is 15.6. The van der Waals surface area contributed by atoms with E-state index in [2.05, 4.69) is 15.2 Å². The molecule has 112 valence electrons. The van der Waals surface area contributed by atoms with Crippen LogP contribution in [0.2, 0.25) is 0 Å². The molecule has 0 saturated heterocycles. The van der Waals surface area contributed by atoms with Crippen molar-refractivity contribution in [3.8, 4) is 0 Å². The minimum absolute atomic E-state index is 0.226. The summed E-state index contributed by atoms with van der Waals surface area (Å²) in [6, 6.07) is 1.88. The number of carbonyl (C=O) groups is 2. The van der Waals surface area contributed by atoms with Crippen molar-refractivity contribution in [2.75, 3.05) is 6.61 Å². The van der Waals surface area contributed by atoms with E-state index >= 15 is 0 Å². The van der Waals surface area contributed by atoms with Gasteiger partial charge in [-0.15, -0.1) is 10.2 Å². The van der Waals surface area contributed by atoms with Crippen LogP contribution in [0.3, 0.4) is 0 Å². The Kier molecular flexibility index (Phi) is 4.56. The first-order chi connectivity index (χ1) is 9.93. The van der Waals surface area contributed by atoms with Gasteiger partial charge in [0, 0.05) is 11.4 Å². The number of thioether (sulfide) groups is 1. The average molecular weight is 308 g/mol. The first kappa shape index (κ1) is 15.4. The summed E-state index contributed by atoms with van der Waals surface area (Å²) in [5.41, 5.74) is 1.72. The Morgan fingerprint density at radius 1 is 1.38 bits per heavy atom. The molecule has 0 aliphatic carbocycles. The van der Waals surface area contributed by atoms with Crippen molar-refractivity contribution in [3.05, 3.63) is 17.5 Å². The van der Waals surface area contributed by atoms with Gasteiger partial charge in [0.2, 0.25) is 0 Å². The molecule has 21 heavy (non-hydrogen) atoms. The van der Waals surface area contributed by atoms with Crippen LogP contribution in [0.5, 0.6) is 0 Å². The van der Waals surface area contributed by atoms with Gasteiger partial charge in [0.05, 0.1) is 6.61 Å². The molecule has 2 aromatic heterocycles. The Labute approximate surface area is 126 Å². The second-order valence-electron chi connectivity index (χ2n) is 4.52. The molecule has 0 aromatic carbocycles. The lowest BCUT2D eigenvalue weighted by Gasteiger charge is -2.11.